The van der Waals surface area contributed by atoms with Crippen molar-refractivity contribution < 1.29 is 14.3 Å². The van der Waals surface area contributed by atoms with Crippen LogP contribution in [0.15, 0.2) is 23.3 Å². The highest BCUT2D eigenvalue weighted by molar-refractivity contribution is 5.82. The summed E-state index contributed by atoms with van der Waals surface area (Å²) in [5.41, 5.74) is 2.56. The summed E-state index contributed by atoms with van der Waals surface area (Å²) in [6, 6.07) is 0. The Morgan fingerprint density at radius 1 is 1.26 bits per heavy atom. The second-order valence-electron chi connectivity index (χ2n) is 5.85. The highest BCUT2D eigenvalue weighted by Gasteiger charge is 2.46. The molecule has 1 atom stereocenters. The first kappa shape index (κ1) is 16.0. The molecule has 0 bridgehead atoms. The molecule has 0 amide bonds. The molecule has 1 aliphatic heterocycles. The summed E-state index contributed by atoms with van der Waals surface area (Å²) < 4.78 is 10.2. The summed E-state index contributed by atoms with van der Waals surface area (Å²) in [6.45, 7) is 8.39. The van der Waals surface area contributed by atoms with Gasteiger partial charge in [0, 0.05) is 6.08 Å². The number of hydrogen-bond acceptors (Lipinski definition) is 3. The van der Waals surface area contributed by atoms with Crippen molar-refractivity contribution in [2.75, 3.05) is 7.11 Å². The summed E-state index contributed by atoms with van der Waals surface area (Å²) in [7, 11) is 1.40. The minimum Gasteiger partial charge on any atom is -0.466 e. The lowest BCUT2D eigenvalue weighted by Gasteiger charge is -2.02. The van der Waals surface area contributed by atoms with E-state index in [4.69, 9.17) is 4.74 Å². The molecule has 1 fully saturated rings. The lowest BCUT2D eigenvalue weighted by Crippen LogP contribution is -2.02. The lowest BCUT2D eigenvalue weighted by atomic mass is 10.0. The van der Waals surface area contributed by atoms with E-state index < -0.39 is 0 Å². The molecular formula is C16H26O3. The van der Waals surface area contributed by atoms with Crippen LogP contribution in [0.25, 0.3) is 0 Å². The first-order chi connectivity index (χ1) is 8.85. The van der Waals surface area contributed by atoms with E-state index >= 15 is 0 Å². The number of hydrogen-bond donors (Lipinski definition) is 0. The molecule has 1 rings (SSSR count). The Balaban J connectivity index is 2.21. The van der Waals surface area contributed by atoms with E-state index in [9.17, 15) is 4.79 Å². The van der Waals surface area contributed by atoms with E-state index in [0.717, 1.165) is 31.3 Å². The molecule has 108 valence electrons. The zero-order valence-electron chi connectivity index (χ0n) is 12.8. The normalized spacial score (nSPS) is 22.3. The topological polar surface area (TPSA) is 38.8 Å². The zero-order chi connectivity index (χ0) is 14.5. The van der Waals surface area contributed by atoms with E-state index in [1.54, 1.807) is 6.08 Å². The van der Waals surface area contributed by atoms with Gasteiger partial charge in [-0.05, 0) is 53.4 Å². The number of ether oxygens (including phenoxy) is 2. The number of carbonyl (C=O) groups is 1. The summed E-state index contributed by atoms with van der Waals surface area (Å²) in [5.74, 6) is -0.272. The van der Waals surface area contributed by atoms with Crippen LogP contribution in [0, 0.1) is 0 Å². The average Bonchev–Trinajstić information content (AvgIpc) is 2.94. The van der Waals surface area contributed by atoms with Gasteiger partial charge in [-0.2, -0.15) is 0 Å². The monoisotopic (exact) mass is 266 g/mol. The Bertz CT molecular complexity index is 377. The fourth-order valence-corrected chi connectivity index (χ4v) is 2.08. The van der Waals surface area contributed by atoms with Gasteiger partial charge in [0.05, 0.1) is 18.8 Å². The van der Waals surface area contributed by atoms with Gasteiger partial charge in [0.25, 0.3) is 0 Å². The number of methoxy groups -OCH3 is 1. The third kappa shape index (κ3) is 6.06. The molecule has 19 heavy (non-hydrogen) atoms. The molecule has 0 aromatic heterocycles. The van der Waals surface area contributed by atoms with Gasteiger partial charge in [-0.15, -0.1) is 0 Å². The summed E-state index contributed by atoms with van der Waals surface area (Å²) in [4.78, 5) is 11.0. The van der Waals surface area contributed by atoms with Crippen LogP contribution in [-0.2, 0) is 14.3 Å². The predicted molar refractivity (Wildman–Crippen MR) is 77.0 cm³/mol. The quantitative estimate of drug-likeness (QED) is 0.304. The van der Waals surface area contributed by atoms with Crippen LogP contribution in [0.3, 0.4) is 0 Å². The smallest absolute Gasteiger partial charge is 0.330 e. The van der Waals surface area contributed by atoms with Gasteiger partial charge < -0.3 is 9.47 Å². The van der Waals surface area contributed by atoms with E-state index in [2.05, 4.69) is 31.6 Å². The molecule has 1 saturated heterocycles. The van der Waals surface area contributed by atoms with Gasteiger partial charge in [-0.1, -0.05) is 17.2 Å². The zero-order valence-corrected chi connectivity index (χ0v) is 12.8. The average molecular weight is 266 g/mol. The van der Waals surface area contributed by atoms with Crippen LogP contribution in [0.5, 0.6) is 0 Å². The number of esters is 1. The molecule has 1 aliphatic rings. The number of rotatable bonds is 7. The van der Waals surface area contributed by atoms with Gasteiger partial charge in [0.1, 0.15) is 0 Å². The highest BCUT2D eigenvalue weighted by Crippen LogP contribution is 2.38. The van der Waals surface area contributed by atoms with Crippen LogP contribution in [-0.4, -0.2) is 24.8 Å². The highest BCUT2D eigenvalue weighted by atomic mass is 16.6. The number of epoxide rings is 1. The molecule has 1 heterocycles. The van der Waals surface area contributed by atoms with Crippen LogP contribution in [0.4, 0.5) is 0 Å². The van der Waals surface area contributed by atoms with Gasteiger partial charge in [-0.25, -0.2) is 4.79 Å². The molecular weight excluding hydrogens is 240 g/mol. The lowest BCUT2D eigenvalue weighted by molar-refractivity contribution is -0.134. The fourth-order valence-electron chi connectivity index (χ4n) is 2.08. The second-order valence-corrected chi connectivity index (χ2v) is 5.85. The summed E-state index contributed by atoms with van der Waals surface area (Å²) in [5, 5.41) is 0. The van der Waals surface area contributed by atoms with Crippen molar-refractivity contribution in [3.8, 4) is 0 Å². The van der Waals surface area contributed by atoms with Crippen LogP contribution in [0.2, 0.25) is 0 Å². The van der Waals surface area contributed by atoms with Crippen molar-refractivity contribution in [3.05, 3.63) is 23.3 Å². The largest absolute Gasteiger partial charge is 0.466 e. The Hall–Kier alpha value is -1.09. The van der Waals surface area contributed by atoms with E-state index in [0.29, 0.717) is 6.10 Å². The van der Waals surface area contributed by atoms with Gasteiger partial charge >= 0.3 is 5.97 Å². The van der Waals surface area contributed by atoms with Crippen molar-refractivity contribution >= 4 is 5.97 Å². The van der Waals surface area contributed by atoms with Crippen molar-refractivity contribution in [2.45, 2.75) is 65.1 Å². The summed E-state index contributed by atoms with van der Waals surface area (Å²) in [6.07, 6.45) is 8.31. The molecule has 0 aromatic rings. The second kappa shape index (κ2) is 6.90. The van der Waals surface area contributed by atoms with Crippen LogP contribution >= 0.6 is 0 Å². The maximum Gasteiger partial charge on any atom is 0.330 e. The van der Waals surface area contributed by atoms with Gasteiger partial charge in [0.2, 0.25) is 0 Å². The number of carbonyl (C=O) groups excluding carboxylic acids is 1. The fraction of sp³-hybridized carbons (Fsp3) is 0.688. The van der Waals surface area contributed by atoms with Crippen molar-refractivity contribution in [1.29, 1.82) is 0 Å². The third-order valence-corrected chi connectivity index (χ3v) is 3.56. The first-order valence-electron chi connectivity index (χ1n) is 6.93. The van der Waals surface area contributed by atoms with Crippen LogP contribution < -0.4 is 0 Å². The maximum atomic E-state index is 11.0. The molecule has 0 spiro atoms. The molecule has 3 heteroatoms. The minimum absolute atomic E-state index is 0.0973. The standard InChI is InChI=1S/C16H26O3/c1-12(9-10-14-16(3,4)19-14)7-6-8-13(2)11-15(17)18-5/h7,11,14H,6,8-10H2,1-5H3/b12-7+,13-11+/t14-/m1/s1. The molecule has 0 saturated carbocycles. The molecule has 0 aliphatic carbocycles. The Kier molecular flexibility index (Phi) is 5.80. The molecule has 3 nitrogen and oxygen atoms in total. The first-order valence-corrected chi connectivity index (χ1v) is 6.93. The predicted octanol–water partition coefficient (Wildman–Crippen LogP) is 3.79. The van der Waals surface area contributed by atoms with Gasteiger partial charge in [0.15, 0.2) is 0 Å². The molecule has 0 aromatic carbocycles. The summed E-state index contributed by atoms with van der Waals surface area (Å²) >= 11 is 0. The van der Waals surface area contributed by atoms with E-state index in [1.165, 1.54) is 12.7 Å². The van der Waals surface area contributed by atoms with Crippen LogP contribution in [0.1, 0.15) is 53.4 Å². The van der Waals surface area contributed by atoms with Crippen molar-refractivity contribution in [2.24, 2.45) is 0 Å². The molecule has 0 N–H and O–H groups in total. The van der Waals surface area contributed by atoms with Crippen molar-refractivity contribution in [3.63, 3.8) is 0 Å². The maximum absolute atomic E-state index is 11.0. The Morgan fingerprint density at radius 3 is 2.42 bits per heavy atom. The SMILES string of the molecule is COC(=O)/C=C(\C)CC/C=C(\C)CC[C@H]1OC1(C)C. The Morgan fingerprint density at radius 2 is 1.89 bits per heavy atom. The minimum atomic E-state index is -0.272. The van der Waals surface area contributed by atoms with Gasteiger partial charge in [-0.3, -0.25) is 0 Å². The molecule has 0 unspecified atom stereocenters. The molecule has 0 radical (unpaired) electrons. The van der Waals surface area contributed by atoms with E-state index in [1.807, 2.05) is 6.92 Å². The van der Waals surface area contributed by atoms with E-state index in [-0.39, 0.29) is 11.6 Å². The van der Waals surface area contributed by atoms with Crippen molar-refractivity contribution in [1.82, 2.24) is 0 Å². The number of allylic oxidation sites excluding steroid dienone is 3. The third-order valence-electron chi connectivity index (χ3n) is 3.56. The Labute approximate surface area is 116 Å².